The Labute approximate surface area is 250 Å². The molecule has 0 fully saturated rings. The molecule has 0 heterocycles. The number of nitrogens with zero attached hydrogens (tertiary/aromatic N) is 1. The van der Waals surface area contributed by atoms with Crippen LogP contribution in [0.3, 0.4) is 0 Å². The fourth-order valence-electron chi connectivity index (χ4n) is 6.06. The van der Waals surface area contributed by atoms with Crippen molar-refractivity contribution in [3.63, 3.8) is 0 Å². The summed E-state index contributed by atoms with van der Waals surface area (Å²) in [4.78, 5) is 2.83. The highest BCUT2D eigenvalue weighted by Crippen LogP contribution is 2.16. The van der Waals surface area contributed by atoms with E-state index in [9.17, 15) is 0 Å². The molecular weight excluding hydrogens is 470 g/mol. The van der Waals surface area contributed by atoms with Gasteiger partial charge in [-0.1, -0.05) is 195 Å². The number of hydrogen-bond acceptors (Lipinski definition) is 1. The van der Waals surface area contributed by atoms with E-state index in [0.29, 0.717) is 0 Å². The molecule has 0 rings (SSSR count). The van der Waals surface area contributed by atoms with Crippen LogP contribution < -0.4 is 0 Å². The molecule has 0 aromatic carbocycles. The average molecular weight is 550 g/mol. The van der Waals surface area contributed by atoms with Crippen LogP contribution in [0.5, 0.6) is 0 Å². The highest BCUT2D eigenvalue weighted by Gasteiger charge is 2.05. The van der Waals surface area contributed by atoms with E-state index in [1.54, 1.807) is 0 Å². The molecule has 0 aromatic rings. The van der Waals surface area contributed by atoms with Crippen LogP contribution >= 0.6 is 0 Å². The van der Waals surface area contributed by atoms with Gasteiger partial charge in [0, 0.05) is 0 Å². The summed E-state index contributed by atoms with van der Waals surface area (Å²) in [5.41, 5.74) is 0. The largest absolute Gasteiger partial charge is 0.303 e. The summed E-state index contributed by atoms with van der Waals surface area (Å²) < 4.78 is 0. The van der Waals surface area contributed by atoms with Gasteiger partial charge in [0.05, 0.1) is 0 Å². The van der Waals surface area contributed by atoms with Crippen LogP contribution in [0.15, 0.2) is 0 Å². The molecule has 0 bridgehead atoms. The van der Waals surface area contributed by atoms with Gasteiger partial charge in [-0.05, 0) is 50.7 Å². The van der Waals surface area contributed by atoms with Crippen molar-refractivity contribution in [3.05, 3.63) is 0 Å². The summed E-state index contributed by atoms with van der Waals surface area (Å²) in [7, 11) is 0. The minimum Gasteiger partial charge on any atom is -0.303 e. The van der Waals surface area contributed by atoms with Gasteiger partial charge in [0.25, 0.3) is 0 Å². The first-order valence-corrected chi connectivity index (χ1v) is 18.8. The molecular formula is C38H79N. The molecule has 0 N–H and O–H groups in total. The summed E-state index contributed by atoms with van der Waals surface area (Å²) in [6, 6.07) is 0. The molecule has 0 amide bonds. The number of rotatable bonds is 33. The second-order valence-corrected chi connectivity index (χ2v) is 14.0. The Bertz CT molecular complexity index is 394. The van der Waals surface area contributed by atoms with Crippen molar-refractivity contribution in [2.75, 3.05) is 19.6 Å². The molecule has 0 aromatic heterocycles. The van der Waals surface area contributed by atoms with Crippen LogP contribution in [0.4, 0.5) is 0 Å². The number of hydrogen-bond donors (Lipinski definition) is 0. The summed E-state index contributed by atoms with van der Waals surface area (Å²) in [6.07, 6.45) is 40.7. The molecule has 0 saturated heterocycles. The third-order valence-corrected chi connectivity index (χ3v) is 8.84. The molecule has 1 nitrogen and oxygen atoms in total. The summed E-state index contributed by atoms with van der Waals surface area (Å²) in [5, 5.41) is 0. The van der Waals surface area contributed by atoms with Gasteiger partial charge in [-0.25, -0.2) is 0 Å². The molecule has 0 unspecified atom stereocenters. The monoisotopic (exact) mass is 550 g/mol. The SMILES string of the molecule is CCCCCCN(CCCCCCCCCCCCCC(C)C)CCCCCCCCCCCCCC(C)C. The lowest BCUT2D eigenvalue weighted by Crippen LogP contribution is -2.27. The van der Waals surface area contributed by atoms with E-state index in [1.165, 1.54) is 199 Å². The summed E-state index contributed by atoms with van der Waals surface area (Å²) >= 11 is 0. The van der Waals surface area contributed by atoms with E-state index < -0.39 is 0 Å². The van der Waals surface area contributed by atoms with Crippen LogP contribution in [0.2, 0.25) is 0 Å². The second kappa shape index (κ2) is 32.5. The summed E-state index contributed by atoms with van der Waals surface area (Å²) in [5.74, 6) is 1.78. The molecule has 0 aliphatic heterocycles. The maximum absolute atomic E-state index is 2.83. The molecule has 0 radical (unpaired) electrons. The number of unbranched alkanes of at least 4 members (excludes halogenated alkanes) is 23. The predicted molar refractivity (Wildman–Crippen MR) is 181 cm³/mol. The van der Waals surface area contributed by atoms with Gasteiger partial charge in [-0.2, -0.15) is 0 Å². The van der Waals surface area contributed by atoms with Crippen molar-refractivity contribution >= 4 is 0 Å². The molecule has 1 heteroatoms. The van der Waals surface area contributed by atoms with Gasteiger partial charge in [0.1, 0.15) is 0 Å². The van der Waals surface area contributed by atoms with Crippen LogP contribution in [0.1, 0.15) is 214 Å². The summed E-state index contributed by atoms with van der Waals surface area (Å²) in [6.45, 7) is 15.8. The molecule has 236 valence electrons. The Morgan fingerprint density at radius 1 is 0.308 bits per heavy atom. The van der Waals surface area contributed by atoms with E-state index in [2.05, 4.69) is 39.5 Å². The van der Waals surface area contributed by atoms with Crippen LogP contribution in [-0.4, -0.2) is 24.5 Å². The molecule has 39 heavy (non-hydrogen) atoms. The normalized spacial score (nSPS) is 12.0. The fourth-order valence-corrected chi connectivity index (χ4v) is 6.06. The highest BCUT2D eigenvalue weighted by molar-refractivity contribution is 4.61. The third kappa shape index (κ3) is 34.1. The first kappa shape index (κ1) is 39.0. The van der Waals surface area contributed by atoms with Crippen LogP contribution in [0, 0.1) is 11.8 Å². The Hall–Kier alpha value is -0.0400. The van der Waals surface area contributed by atoms with E-state index in [4.69, 9.17) is 0 Å². The van der Waals surface area contributed by atoms with E-state index in [0.717, 1.165) is 11.8 Å². The smallest absolute Gasteiger partial charge is 0.00187 e. The Balaban J connectivity index is 3.65. The van der Waals surface area contributed by atoms with Crippen LogP contribution in [0.25, 0.3) is 0 Å². The zero-order valence-corrected chi connectivity index (χ0v) is 28.5. The van der Waals surface area contributed by atoms with Crippen molar-refractivity contribution < 1.29 is 0 Å². The maximum atomic E-state index is 2.83. The van der Waals surface area contributed by atoms with Gasteiger partial charge in [-0.15, -0.1) is 0 Å². The van der Waals surface area contributed by atoms with Gasteiger partial charge in [0.2, 0.25) is 0 Å². The first-order chi connectivity index (χ1) is 19.1. The van der Waals surface area contributed by atoms with Crippen molar-refractivity contribution in [1.82, 2.24) is 4.90 Å². The van der Waals surface area contributed by atoms with Crippen molar-refractivity contribution in [2.45, 2.75) is 214 Å². The van der Waals surface area contributed by atoms with Crippen molar-refractivity contribution in [3.8, 4) is 0 Å². The predicted octanol–water partition coefficient (Wildman–Crippen LogP) is 13.5. The third-order valence-electron chi connectivity index (χ3n) is 8.84. The Kier molecular flexibility index (Phi) is 32.4. The van der Waals surface area contributed by atoms with E-state index in [1.807, 2.05) is 0 Å². The lowest BCUT2D eigenvalue weighted by Gasteiger charge is -2.22. The molecule has 0 spiro atoms. The van der Waals surface area contributed by atoms with Gasteiger partial charge >= 0.3 is 0 Å². The van der Waals surface area contributed by atoms with Crippen molar-refractivity contribution in [2.24, 2.45) is 11.8 Å². The highest BCUT2D eigenvalue weighted by atomic mass is 15.1. The minimum atomic E-state index is 0.891. The molecule has 0 atom stereocenters. The topological polar surface area (TPSA) is 3.24 Å². The van der Waals surface area contributed by atoms with Crippen molar-refractivity contribution in [1.29, 1.82) is 0 Å². The van der Waals surface area contributed by atoms with E-state index >= 15 is 0 Å². The molecule has 0 aliphatic rings. The van der Waals surface area contributed by atoms with Gasteiger partial charge in [-0.3, -0.25) is 0 Å². The maximum Gasteiger partial charge on any atom is -0.00187 e. The average Bonchev–Trinajstić information content (AvgIpc) is 2.91. The minimum absolute atomic E-state index is 0.891. The lowest BCUT2D eigenvalue weighted by atomic mass is 10.0. The standard InChI is InChI=1S/C38H79N/c1-6-7-8-29-34-39(35-30-25-21-17-13-9-11-15-19-23-27-32-37(2)3)36-31-26-22-18-14-10-12-16-20-24-28-33-38(4)5/h37-38H,6-36H2,1-5H3. The lowest BCUT2D eigenvalue weighted by molar-refractivity contribution is 0.254. The van der Waals surface area contributed by atoms with Crippen LogP contribution in [-0.2, 0) is 0 Å². The zero-order chi connectivity index (χ0) is 28.7. The zero-order valence-electron chi connectivity index (χ0n) is 28.5. The van der Waals surface area contributed by atoms with Gasteiger partial charge in [0.15, 0.2) is 0 Å². The Morgan fingerprint density at radius 2 is 0.538 bits per heavy atom. The quantitative estimate of drug-likeness (QED) is 0.0736. The molecule has 0 saturated carbocycles. The molecule has 0 aliphatic carbocycles. The Morgan fingerprint density at radius 3 is 0.795 bits per heavy atom. The first-order valence-electron chi connectivity index (χ1n) is 18.8. The fraction of sp³-hybridized carbons (Fsp3) is 1.00. The van der Waals surface area contributed by atoms with E-state index in [-0.39, 0.29) is 0 Å². The second-order valence-electron chi connectivity index (χ2n) is 14.0. The van der Waals surface area contributed by atoms with Gasteiger partial charge < -0.3 is 4.90 Å².